The van der Waals surface area contributed by atoms with Gasteiger partial charge in [0, 0.05) is 13.1 Å². The van der Waals surface area contributed by atoms with Crippen molar-refractivity contribution in [3.05, 3.63) is 66.8 Å². The number of benzene rings is 2. The number of halogens is 2. The van der Waals surface area contributed by atoms with Gasteiger partial charge in [0.05, 0.1) is 25.8 Å². The number of carbonyl (C=O) groups is 1. The Balaban J connectivity index is 1.83. The van der Waals surface area contributed by atoms with Crippen molar-refractivity contribution in [2.45, 2.75) is 19.4 Å². The first-order valence-corrected chi connectivity index (χ1v) is 11.8. The Kier molecular flexibility index (Phi) is 5.38. The number of carbonyl (C=O) groups excluding carboxylic acids is 1. The Morgan fingerprint density at radius 3 is 2.55 bits per heavy atom. The molecule has 5 nitrogen and oxygen atoms in total. The van der Waals surface area contributed by atoms with Gasteiger partial charge in [0.15, 0.2) is 3.95 Å². The van der Waals surface area contributed by atoms with E-state index in [1.807, 2.05) is 33.6 Å². The molecule has 1 amide bonds. The molecule has 0 saturated carbocycles. The van der Waals surface area contributed by atoms with Crippen molar-refractivity contribution in [2.24, 2.45) is 0 Å². The summed E-state index contributed by atoms with van der Waals surface area (Å²) in [6.45, 7) is 1.42. The maximum atomic E-state index is 13.5. The number of aromatic nitrogens is 2. The van der Waals surface area contributed by atoms with Gasteiger partial charge in [-0.2, -0.15) is 0 Å². The molecule has 1 fully saturated rings. The third kappa shape index (κ3) is 3.49. The summed E-state index contributed by atoms with van der Waals surface area (Å²) in [6, 6.07) is 12.7. The number of hydrogen-bond donors (Lipinski definition) is 0. The molecule has 2 aromatic heterocycles. The minimum atomic E-state index is -0.211. The van der Waals surface area contributed by atoms with E-state index in [4.69, 9.17) is 35.4 Å². The summed E-state index contributed by atoms with van der Waals surface area (Å²) in [6.07, 6.45) is 1.98. The summed E-state index contributed by atoms with van der Waals surface area (Å²) >= 11 is 19.5. The predicted molar refractivity (Wildman–Crippen MR) is 129 cm³/mol. The van der Waals surface area contributed by atoms with Crippen molar-refractivity contribution >= 4 is 69.2 Å². The number of fused-ring (bicyclic) bond motifs is 3. The second kappa shape index (κ2) is 8.06. The van der Waals surface area contributed by atoms with E-state index in [1.54, 1.807) is 22.8 Å². The van der Waals surface area contributed by atoms with E-state index < -0.39 is 0 Å². The van der Waals surface area contributed by atoms with Crippen LogP contribution in [-0.4, -0.2) is 32.9 Å². The van der Waals surface area contributed by atoms with Crippen LogP contribution in [0.5, 0.6) is 0 Å². The highest BCUT2D eigenvalue weighted by atomic mass is 35.5. The number of para-hydroxylation sites is 1. The molecule has 31 heavy (non-hydrogen) atoms. The third-order valence-electron chi connectivity index (χ3n) is 5.60. The lowest BCUT2D eigenvalue weighted by Gasteiger charge is -2.18. The van der Waals surface area contributed by atoms with Gasteiger partial charge in [-0.15, -0.1) is 11.3 Å². The van der Waals surface area contributed by atoms with E-state index in [0.29, 0.717) is 25.0 Å². The molecule has 3 heterocycles. The van der Waals surface area contributed by atoms with Gasteiger partial charge >= 0.3 is 0 Å². The lowest BCUT2D eigenvalue weighted by atomic mass is 10.2. The summed E-state index contributed by atoms with van der Waals surface area (Å²) in [7, 11) is 0. The predicted octanol–water partition coefficient (Wildman–Crippen LogP) is 5.64. The average molecular weight is 490 g/mol. The average Bonchev–Trinajstić information content (AvgIpc) is 3.41. The summed E-state index contributed by atoms with van der Waals surface area (Å²) in [5.41, 5.74) is 1.91. The first kappa shape index (κ1) is 20.7. The zero-order valence-corrected chi connectivity index (χ0v) is 19.5. The zero-order valence-electron chi connectivity index (χ0n) is 16.3. The van der Waals surface area contributed by atoms with E-state index >= 15 is 0 Å². The molecule has 0 radical (unpaired) electrons. The lowest BCUT2D eigenvalue weighted by Crippen LogP contribution is -2.35. The molecule has 2 aromatic carbocycles. The Morgan fingerprint density at radius 1 is 1.06 bits per heavy atom. The largest absolute Gasteiger partial charge is 0.341 e. The molecule has 4 aromatic rings. The maximum Gasteiger partial charge on any atom is 0.262 e. The minimum absolute atomic E-state index is 0.0347. The van der Waals surface area contributed by atoms with Crippen molar-refractivity contribution in [2.75, 3.05) is 13.1 Å². The fraction of sp³-hybridized carbons (Fsp3) is 0.227. The van der Waals surface area contributed by atoms with Crippen LogP contribution in [0.4, 0.5) is 0 Å². The van der Waals surface area contributed by atoms with Crippen LogP contribution >= 0.6 is 46.8 Å². The maximum absolute atomic E-state index is 13.5. The van der Waals surface area contributed by atoms with Crippen molar-refractivity contribution < 1.29 is 4.79 Å². The van der Waals surface area contributed by atoms with Crippen LogP contribution in [0.1, 0.15) is 12.8 Å². The molecule has 0 aliphatic carbocycles. The number of amides is 1. The van der Waals surface area contributed by atoms with E-state index in [1.165, 1.54) is 11.3 Å². The molecule has 158 valence electrons. The van der Waals surface area contributed by atoms with Gasteiger partial charge in [0.1, 0.15) is 12.2 Å². The lowest BCUT2D eigenvalue weighted by molar-refractivity contribution is -0.130. The molecule has 0 atom stereocenters. The molecule has 0 unspecified atom stereocenters. The van der Waals surface area contributed by atoms with Crippen LogP contribution in [0.2, 0.25) is 10.0 Å². The van der Waals surface area contributed by atoms with Gasteiger partial charge in [0.25, 0.3) is 5.56 Å². The van der Waals surface area contributed by atoms with Gasteiger partial charge in [-0.3, -0.25) is 18.6 Å². The molecule has 9 heteroatoms. The molecule has 1 aliphatic heterocycles. The van der Waals surface area contributed by atoms with Crippen LogP contribution in [0.25, 0.3) is 27.0 Å². The van der Waals surface area contributed by atoms with E-state index in [0.717, 1.165) is 41.9 Å². The first-order chi connectivity index (χ1) is 15.0. The second-order valence-corrected chi connectivity index (χ2v) is 9.94. The normalized spacial score (nSPS) is 14.1. The van der Waals surface area contributed by atoms with Crippen LogP contribution < -0.4 is 5.56 Å². The highest BCUT2D eigenvalue weighted by Gasteiger charge is 2.23. The molecular weight excluding hydrogens is 473 g/mol. The third-order valence-corrected chi connectivity index (χ3v) is 7.75. The van der Waals surface area contributed by atoms with E-state index in [2.05, 4.69) is 0 Å². The molecule has 0 bridgehead atoms. The Labute approximate surface area is 197 Å². The number of thiazole rings is 1. The van der Waals surface area contributed by atoms with Crippen LogP contribution in [0.15, 0.2) is 47.3 Å². The van der Waals surface area contributed by atoms with Gasteiger partial charge in [-0.05, 0) is 54.9 Å². The number of nitrogens with zero attached hydrogens (tertiary/aromatic N) is 3. The monoisotopic (exact) mass is 489 g/mol. The van der Waals surface area contributed by atoms with Crippen molar-refractivity contribution in [1.29, 1.82) is 0 Å². The van der Waals surface area contributed by atoms with Gasteiger partial charge in [-0.1, -0.05) is 41.4 Å². The van der Waals surface area contributed by atoms with E-state index in [-0.39, 0.29) is 18.0 Å². The van der Waals surface area contributed by atoms with Crippen molar-refractivity contribution in [3.63, 3.8) is 0 Å². The topological polar surface area (TPSA) is 46.7 Å². The Bertz CT molecular complexity index is 1470. The minimum Gasteiger partial charge on any atom is -0.341 e. The van der Waals surface area contributed by atoms with Gasteiger partial charge in [-0.25, -0.2) is 0 Å². The quantitative estimate of drug-likeness (QED) is 0.349. The molecule has 1 aliphatic rings. The SMILES string of the molecule is O=C(Cn1c(=O)c2ccccc2n2c(=S)sc(-c3ccc(Cl)c(Cl)c3)c12)N1CCCC1. The van der Waals surface area contributed by atoms with Crippen LogP contribution in [-0.2, 0) is 11.3 Å². The zero-order chi connectivity index (χ0) is 21.7. The highest BCUT2D eigenvalue weighted by molar-refractivity contribution is 7.73. The van der Waals surface area contributed by atoms with Gasteiger partial charge in [0.2, 0.25) is 5.91 Å². The molecule has 1 saturated heterocycles. The fourth-order valence-corrected chi connectivity index (χ4v) is 5.81. The summed E-state index contributed by atoms with van der Waals surface area (Å²) < 4.78 is 4.02. The number of hydrogen-bond acceptors (Lipinski definition) is 4. The molecule has 5 rings (SSSR count). The smallest absolute Gasteiger partial charge is 0.262 e. The first-order valence-electron chi connectivity index (χ1n) is 9.86. The molecule has 0 spiro atoms. The number of rotatable bonds is 3. The Hall–Kier alpha value is -2.19. The fourth-order valence-electron chi connectivity index (χ4n) is 4.09. The van der Waals surface area contributed by atoms with Crippen LogP contribution in [0, 0.1) is 3.95 Å². The Morgan fingerprint density at radius 2 is 1.81 bits per heavy atom. The standard InChI is InChI=1S/C22H17Cl2N3O2S2/c23-15-8-7-13(11-16(15)24)19-20-26(12-18(28)25-9-3-4-10-25)21(29)14-5-1-2-6-17(14)27(20)22(30)31-19/h1-2,5-8,11H,3-4,9-10,12H2. The summed E-state index contributed by atoms with van der Waals surface area (Å²) in [4.78, 5) is 29.1. The van der Waals surface area contributed by atoms with Crippen molar-refractivity contribution in [3.8, 4) is 10.4 Å². The number of likely N-dealkylation sites (tertiary alicyclic amines) is 1. The summed E-state index contributed by atoms with van der Waals surface area (Å²) in [5.74, 6) is -0.0611. The molecular formula is C22H17Cl2N3O2S2. The van der Waals surface area contributed by atoms with Crippen LogP contribution in [0.3, 0.4) is 0 Å². The van der Waals surface area contributed by atoms with Crippen molar-refractivity contribution in [1.82, 2.24) is 13.9 Å². The highest BCUT2D eigenvalue weighted by Crippen LogP contribution is 2.36. The van der Waals surface area contributed by atoms with E-state index in [9.17, 15) is 9.59 Å². The molecule has 0 N–H and O–H groups in total. The van der Waals surface area contributed by atoms with Gasteiger partial charge < -0.3 is 4.90 Å². The summed E-state index contributed by atoms with van der Waals surface area (Å²) in [5, 5.41) is 1.39. The second-order valence-electron chi connectivity index (χ2n) is 7.48.